The van der Waals surface area contributed by atoms with Gasteiger partial charge in [0, 0.05) is 13.0 Å². The van der Waals surface area contributed by atoms with Gasteiger partial charge in [-0.05, 0) is 31.5 Å². The summed E-state index contributed by atoms with van der Waals surface area (Å²) >= 11 is 0. The fourth-order valence-corrected chi connectivity index (χ4v) is 2.12. The largest absolute Gasteiger partial charge is 0.462 e. The van der Waals surface area contributed by atoms with Gasteiger partial charge in [-0.3, -0.25) is 14.7 Å². The third kappa shape index (κ3) is 3.47. The lowest BCUT2D eigenvalue weighted by molar-refractivity contribution is -0.114. The summed E-state index contributed by atoms with van der Waals surface area (Å²) in [6.07, 6.45) is 0. The van der Waals surface area contributed by atoms with E-state index in [2.05, 4.69) is 10.4 Å². The molecule has 2 N–H and O–H groups in total. The van der Waals surface area contributed by atoms with Gasteiger partial charge in [-0.1, -0.05) is 0 Å². The number of hydrogen-bond acceptors (Lipinski definition) is 4. The van der Waals surface area contributed by atoms with Gasteiger partial charge >= 0.3 is 5.97 Å². The molecule has 0 aliphatic carbocycles. The Hall–Kier alpha value is -2.90. The third-order valence-electron chi connectivity index (χ3n) is 3.06. The number of nitrogens with one attached hydrogen (secondary N) is 2. The minimum atomic E-state index is -0.658. The van der Waals surface area contributed by atoms with Gasteiger partial charge in [0.2, 0.25) is 5.91 Å². The molecular formula is C15H16FN3O4. The Bertz CT molecular complexity index is 823. The summed E-state index contributed by atoms with van der Waals surface area (Å²) in [5.41, 5.74) is -0.0252. The average Bonchev–Trinajstić information content (AvgIpc) is 2.78. The van der Waals surface area contributed by atoms with E-state index < -0.39 is 23.3 Å². The van der Waals surface area contributed by atoms with E-state index in [0.717, 1.165) is 16.8 Å². The van der Waals surface area contributed by atoms with Crippen molar-refractivity contribution >= 4 is 17.7 Å². The Balaban J connectivity index is 2.60. The molecule has 0 spiro atoms. The number of ether oxygens (including phenoxy) is 1. The van der Waals surface area contributed by atoms with Crippen LogP contribution < -0.4 is 10.9 Å². The lowest BCUT2D eigenvalue weighted by Crippen LogP contribution is -2.14. The Morgan fingerprint density at radius 2 is 2.04 bits per heavy atom. The molecule has 8 heteroatoms. The maximum Gasteiger partial charge on any atom is 0.338 e. The van der Waals surface area contributed by atoms with Crippen LogP contribution in [0.4, 0.5) is 10.2 Å². The lowest BCUT2D eigenvalue weighted by atomic mass is 10.1. The highest BCUT2D eigenvalue weighted by molar-refractivity contribution is 5.92. The number of halogens is 1. The SMILES string of the molecule is CCOC(=O)c1cc(-n2[nH]c(=O)cc2NC(C)=O)c(F)cc1C. The number of hydrogen-bond donors (Lipinski definition) is 2. The zero-order valence-corrected chi connectivity index (χ0v) is 12.9. The summed E-state index contributed by atoms with van der Waals surface area (Å²) < 4.78 is 20.3. The van der Waals surface area contributed by atoms with Crippen LogP contribution in [-0.2, 0) is 9.53 Å². The van der Waals surface area contributed by atoms with Crippen LogP contribution in [0.5, 0.6) is 0 Å². The van der Waals surface area contributed by atoms with Gasteiger partial charge in [-0.25, -0.2) is 13.9 Å². The van der Waals surface area contributed by atoms with Crippen molar-refractivity contribution in [3.05, 3.63) is 45.5 Å². The molecule has 1 aromatic heterocycles. The smallest absolute Gasteiger partial charge is 0.338 e. The number of aryl methyl sites for hydroxylation is 1. The molecular weight excluding hydrogens is 305 g/mol. The van der Waals surface area contributed by atoms with Gasteiger partial charge in [-0.2, -0.15) is 0 Å². The fraction of sp³-hybridized carbons (Fsp3) is 0.267. The molecule has 23 heavy (non-hydrogen) atoms. The van der Waals surface area contributed by atoms with Gasteiger partial charge < -0.3 is 10.1 Å². The second kappa shape index (κ2) is 6.47. The molecule has 0 aliphatic heterocycles. The molecule has 2 aromatic rings. The van der Waals surface area contributed by atoms with Gasteiger partial charge in [-0.15, -0.1) is 0 Å². The molecule has 0 aliphatic rings. The molecule has 1 aromatic carbocycles. The number of esters is 1. The first-order valence-corrected chi connectivity index (χ1v) is 6.90. The number of H-pyrrole nitrogens is 1. The number of aromatic amines is 1. The number of rotatable bonds is 4. The summed E-state index contributed by atoms with van der Waals surface area (Å²) in [4.78, 5) is 34.7. The lowest BCUT2D eigenvalue weighted by Gasteiger charge is -2.13. The average molecular weight is 321 g/mol. The Morgan fingerprint density at radius 3 is 2.65 bits per heavy atom. The monoisotopic (exact) mass is 321 g/mol. The zero-order chi connectivity index (χ0) is 17.1. The van der Waals surface area contributed by atoms with Crippen LogP contribution in [0, 0.1) is 12.7 Å². The molecule has 1 amide bonds. The van der Waals surface area contributed by atoms with Gasteiger partial charge in [0.25, 0.3) is 5.56 Å². The van der Waals surface area contributed by atoms with Crippen molar-refractivity contribution in [3.8, 4) is 5.69 Å². The second-order valence-electron chi connectivity index (χ2n) is 4.86. The Morgan fingerprint density at radius 1 is 1.35 bits per heavy atom. The Labute approximate surface area is 131 Å². The molecule has 0 radical (unpaired) electrons. The van der Waals surface area contributed by atoms with Gasteiger partial charge in [0.05, 0.1) is 12.2 Å². The number of anilines is 1. The van der Waals surface area contributed by atoms with E-state index in [9.17, 15) is 18.8 Å². The molecule has 0 fully saturated rings. The van der Waals surface area contributed by atoms with Crippen LogP contribution in [-0.4, -0.2) is 28.3 Å². The van der Waals surface area contributed by atoms with E-state index >= 15 is 0 Å². The van der Waals surface area contributed by atoms with Crippen molar-refractivity contribution in [2.45, 2.75) is 20.8 Å². The maximum atomic E-state index is 14.3. The van der Waals surface area contributed by atoms with E-state index in [4.69, 9.17) is 4.74 Å². The fourth-order valence-electron chi connectivity index (χ4n) is 2.12. The highest BCUT2D eigenvalue weighted by Gasteiger charge is 2.18. The predicted octanol–water partition coefficient (Wildman–Crippen LogP) is 1.75. The number of benzene rings is 1. The van der Waals surface area contributed by atoms with Crippen LogP contribution in [0.2, 0.25) is 0 Å². The third-order valence-corrected chi connectivity index (χ3v) is 3.06. The van der Waals surface area contributed by atoms with Crippen molar-refractivity contribution in [3.63, 3.8) is 0 Å². The van der Waals surface area contributed by atoms with Crippen LogP contribution in [0.25, 0.3) is 5.69 Å². The number of carbonyl (C=O) groups is 2. The first kappa shape index (κ1) is 16.5. The van der Waals surface area contributed by atoms with E-state index in [1.807, 2.05) is 0 Å². The number of amides is 1. The topological polar surface area (TPSA) is 93.2 Å². The summed E-state index contributed by atoms with van der Waals surface area (Å²) in [5.74, 6) is -1.60. The summed E-state index contributed by atoms with van der Waals surface area (Å²) in [6, 6.07) is 3.55. The van der Waals surface area contributed by atoms with Crippen molar-refractivity contribution in [1.82, 2.24) is 9.78 Å². The summed E-state index contributed by atoms with van der Waals surface area (Å²) in [6.45, 7) is 4.68. The van der Waals surface area contributed by atoms with Crippen LogP contribution in [0.3, 0.4) is 0 Å². The van der Waals surface area contributed by atoms with Crippen LogP contribution >= 0.6 is 0 Å². The first-order valence-electron chi connectivity index (χ1n) is 6.90. The molecule has 7 nitrogen and oxygen atoms in total. The molecule has 0 unspecified atom stereocenters. The quantitative estimate of drug-likeness (QED) is 0.839. The normalized spacial score (nSPS) is 10.4. The van der Waals surface area contributed by atoms with Crippen molar-refractivity contribution in [2.75, 3.05) is 11.9 Å². The van der Waals surface area contributed by atoms with Crippen molar-refractivity contribution in [1.29, 1.82) is 0 Å². The predicted molar refractivity (Wildman–Crippen MR) is 81.3 cm³/mol. The minimum Gasteiger partial charge on any atom is -0.462 e. The van der Waals surface area contributed by atoms with E-state index in [-0.39, 0.29) is 23.7 Å². The molecule has 122 valence electrons. The molecule has 0 saturated heterocycles. The van der Waals surface area contributed by atoms with Gasteiger partial charge in [0.15, 0.2) is 0 Å². The first-order chi connectivity index (χ1) is 10.8. The van der Waals surface area contributed by atoms with Crippen LogP contribution in [0.15, 0.2) is 23.0 Å². The van der Waals surface area contributed by atoms with Crippen LogP contribution in [0.1, 0.15) is 29.8 Å². The number of nitrogens with zero attached hydrogens (tertiary/aromatic N) is 1. The van der Waals surface area contributed by atoms with Gasteiger partial charge in [0.1, 0.15) is 17.3 Å². The maximum absolute atomic E-state index is 14.3. The second-order valence-corrected chi connectivity index (χ2v) is 4.86. The Kier molecular flexibility index (Phi) is 4.63. The molecule has 0 bridgehead atoms. The molecule has 0 atom stereocenters. The number of carbonyl (C=O) groups excluding carboxylic acids is 2. The zero-order valence-electron chi connectivity index (χ0n) is 12.9. The molecule has 1 heterocycles. The minimum absolute atomic E-state index is 0.0695. The van der Waals surface area contributed by atoms with Crippen molar-refractivity contribution in [2.24, 2.45) is 0 Å². The standard InChI is InChI=1S/C15H16FN3O4/c1-4-23-15(22)10-6-12(11(16)5-8(10)2)19-13(17-9(3)20)7-14(21)18-19/h5-7H,4H2,1-3H3,(H,17,20)(H,18,21). The van der Waals surface area contributed by atoms with E-state index in [1.54, 1.807) is 13.8 Å². The highest BCUT2D eigenvalue weighted by atomic mass is 19.1. The summed E-state index contributed by atoms with van der Waals surface area (Å²) in [5, 5.41) is 4.80. The van der Waals surface area contributed by atoms with E-state index in [1.165, 1.54) is 13.0 Å². The molecule has 0 saturated carbocycles. The summed E-state index contributed by atoms with van der Waals surface area (Å²) in [7, 11) is 0. The molecule has 2 rings (SSSR count). The van der Waals surface area contributed by atoms with E-state index in [0.29, 0.717) is 5.56 Å². The van der Waals surface area contributed by atoms with Crippen molar-refractivity contribution < 1.29 is 18.7 Å². The highest BCUT2D eigenvalue weighted by Crippen LogP contribution is 2.22. The number of aromatic nitrogens is 2.